The van der Waals surface area contributed by atoms with Gasteiger partial charge in [0.05, 0.1) is 19.3 Å². The lowest BCUT2D eigenvalue weighted by Crippen LogP contribution is -2.08. The van der Waals surface area contributed by atoms with E-state index in [2.05, 4.69) is 6.07 Å². The number of fused-ring (bicyclic) bond motifs is 3. The highest BCUT2D eigenvalue weighted by atomic mass is 16.5. The van der Waals surface area contributed by atoms with E-state index in [1.54, 1.807) is 0 Å². The van der Waals surface area contributed by atoms with Gasteiger partial charge in [-0.25, -0.2) is 0 Å². The number of nitrogens with two attached hydrogens (primary N) is 1. The highest BCUT2D eigenvalue weighted by Crippen LogP contribution is 2.45. The second kappa shape index (κ2) is 4.20. The van der Waals surface area contributed by atoms with Crippen molar-refractivity contribution in [2.45, 2.75) is 25.4 Å². The lowest BCUT2D eigenvalue weighted by atomic mass is 9.95. The van der Waals surface area contributed by atoms with Crippen molar-refractivity contribution in [3.63, 3.8) is 0 Å². The summed E-state index contributed by atoms with van der Waals surface area (Å²) in [6.45, 7) is 1.88. The number of ether oxygens (including phenoxy) is 2. The van der Waals surface area contributed by atoms with Crippen LogP contribution in [-0.2, 0) is 12.8 Å². The summed E-state index contributed by atoms with van der Waals surface area (Å²) >= 11 is 0. The molecule has 4 heteroatoms. The average Bonchev–Trinajstić information content (AvgIpc) is 2.95. The van der Waals surface area contributed by atoms with E-state index in [9.17, 15) is 5.11 Å². The molecule has 1 atom stereocenters. The van der Waals surface area contributed by atoms with E-state index in [4.69, 9.17) is 15.2 Å². The maximum Gasteiger partial charge on any atom is 0.165 e. The minimum Gasteiger partial charge on any atom is -0.489 e. The van der Waals surface area contributed by atoms with Gasteiger partial charge in [-0.15, -0.1) is 0 Å². The maximum atomic E-state index is 10.1. The van der Waals surface area contributed by atoms with Gasteiger partial charge in [-0.3, -0.25) is 0 Å². The molecule has 92 valence electrons. The van der Waals surface area contributed by atoms with Crippen LogP contribution in [0.1, 0.15) is 29.2 Å². The van der Waals surface area contributed by atoms with Crippen LogP contribution >= 0.6 is 0 Å². The van der Waals surface area contributed by atoms with Crippen LogP contribution < -0.4 is 15.2 Å². The fourth-order valence-corrected chi connectivity index (χ4v) is 2.64. The molecule has 2 aliphatic rings. The van der Waals surface area contributed by atoms with Gasteiger partial charge in [0.25, 0.3) is 0 Å². The topological polar surface area (TPSA) is 64.7 Å². The van der Waals surface area contributed by atoms with Gasteiger partial charge in [-0.2, -0.15) is 0 Å². The summed E-state index contributed by atoms with van der Waals surface area (Å²) in [5.41, 5.74) is 8.74. The van der Waals surface area contributed by atoms with E-state index in [1.165, 1.54) is 0 Å². The molecule has 0 amide bonds. The zero-order valence-electron chi connectivity index (χ0n) is 9.74. The molecule has 1 unspecified atom stereocenters. The molecular weight excluding hydrogens is 218 g/mol. The molecule has 0 radical (unpaired) electrons. The highest BCUT2D eigenvalue weighted by Gasteiger charge is 2.29. The predicted octanol–water partition coefficient (Wildman–Crippen LogP) is 0.939. The standard InChI is InChI=1S/C13H17NO3/c14-4-1-11(15)10-7-8-2-5-16-12(8)13-9(10)3-6-17-13/h7,11,15H,1-6,14H2. The first-order valence-electron chi connectivity index (χ1n) is 6.13. The third-order valence-corrected chi connectivity index (χ3v) is 3.47. The van der Waals surface area contributed by atoms with Crippen LogP contribution in [0.4, 0.5) is 0 Å². The summed E-state index contributed by atoms with van der Waals surface area (Å²) in [6.07, 6.45) is 1.85. The van der Waals surface area contributed by atoms with E-state index in [-0.39, 0.29) is 0 Å². The Balaban J connectivity index is 2.07. The van der Waals surface area contributed by atoms with Gasteiger partial charge in [-0.05, 0) is 24.6 Å². The number of aliphatic hydroxyl groups excluding tert-OH is 1. The summed E-state index contributed by atoms with van der Waals surface area (Å²) in [4.78, 5) is 0. The van der Waals surface area contributed by atoms with Crippen LogP contribution in [0, 0.1) is 0 Å². The Morgan fingerprint density at radius 2 is 2.00 bits per heavy atom. The van der Waals surface area contributed by atoms with Gasteiger partial charge in [-0.1, -0.05) is 0 Å². The van der Waals surface area contributed by atoms with Crippen molar-refractivity contribution in [2.75, 3.05) is 19.8 Å². The first-order valence-corrected chi connectivity index (χ1v) is 6.13. The predicted molar refractivity (Wildman–Crippen MR) is 63.5 cm³/mol. The summed E-state index contributed by atoms with van der Waals surface area (Å²) in [6, 6.07) is 2.07. The van der Waals surface area contributed by atoms with Crippen molar-refractivity contribution in [2.24, 2.45) is 5.73 Å². The summed E-state index contributed by atoms with van der Waals surface area (Å²) in [7, 11) is 0. The molecule has 2 heterocycles. The molecule has 1 aromatic carbocycles. The van der Waals surface area contributed by atoms with E-state index in [0.717, 1.165) is 41.0 Å². The summed E-state index contributed by atoms with van der Waals surface area (Å²) in [5.74, 6) is 1.74. The number of hydrogen-bond donors (Lipinski definition) is 2. The van der Waals surface area contributed by atoms with E-state index < -0.39 is 6.10 Å². The molecule has 0 spiro atoms. The molecule has 2 aliphatic heterocycles. The van der Waals surface area contributed by atoms with Crippen LogP contribution in [0.3, 0.4) is 0 Å². The second-order valence-corrected chi connectivity index (χ2v) is 4.55. The van der Waals surface area contributed by atoms with Gasteiger partial charge in [0.1, 0.15) is 0 Å². The lowest BCUT2D eigenvalue weighted by Gasteiger charge is -2.15. The van der Waals surface area contributed by atoms with Gasteiger partial charge in [0.15, 0.2) is 11.5 Å². The van der Waals surface area contributed by atoms with Crippen molar-refractivity contribution in [3.8, 4) is 11.5 Å². The monoisotopic (exact) mass is 235 g/mol. The third kappa shape index (κ3) is 1.68. The molecule has 4 nitrogen and oxygen atoms in total. The SMILES string of the molecule is NCCC(O)c1cc2c(c3c1CCO3)OCC2. The van der Waals surface area contributed by atoms with Crippen molar-refractivity contribution < 1.29 is 14.6 Å². The Morgan fingerprint density at radius 3 is 2.82 bits per heavy atom. The smallest absolute Gasteiger partial charge is 0.165 e. The largest absolute Gasteiger partial charge is 0.489 e. The average molecular weight is 235 g/mol. The Hall–Kier alpha value is -1.26. The minimum atomic E-state index is -0.485. The molecule has 0 aliphatic carbocycles. The summed E-state index contributed by atoms with van der Waals surface area (Å²) < 4.78 is 11.2. The molecular formula is C13H17NO3. The molecule has 0 bridgehead atoms. The maximum absolute atomic E-state index is 10.1. The quantitative estimate of drug-likeness (QED) is 0.818. The summed E-state index contributed by atoms with van der Waals surface area (Å²) in [5, 5.41) is 10.1. The Morgan fingerprint density at radius 1 is 1.24 bits per heavy atom. The zero-order valence-corrected chi connectivity index (χ0v) is 9.74. The lowest BCUT2D eigenvalue weighted by molar-refractivity contribution is 0.169. The number of benzene rings is 1. The van der Waals surface area contributed by atoms with Crippen LogP contribution in [0.25, 0.3) is 0 Å². The van der Waals surface area contributed by atoms with Crippen LogP contribution in [0.2, 0.25) is 0 Å². The molecule has 0 saturated heterocycles. The van der Waals surface area contributed by atoms with Crippen molar-refractivity contribution in [1.82, 2.24) is 0 Å². The van der Waals surface area contributed by atoms with Crippen molar-refractivity contribution in [1.29, 1.82) is 0 Å². The Kier molecular flexibility index (Phi) is 2.68. The first kappa shape index (κ1) is 10.9. The van der Waals surface area contributed by atoms with E-state index >= 15 is 0 Å². The van der Waals surface area contributed by atoms with Crippen molar-refractivity contribution in [3.05, 3.63) is 22.8 Å². The molecule has 0 saturated carbocycles. The van der Waals surface area contributed by atoms with Gasteiger partial charge in [0.2, 0.25) is 0 Å². The molecule has 3 rings (SSSR count). The van der Waals surface area contributed by atoms with Gasteiger partial charge < -0.3 is 20.3 Å². The van der Waals surface area contributed by atoms with E-state index in [1.807, 2.05) is 0 Å². The number of hydrogen-bond acceptors (Lipinski definition) is 4. The number of aliphatic hydroxyl groups is 1. The molecule has 3 N–H and O–H groups in total. The fourth-order valence-electron chi connectivity index (χ4n) is 2.64. The van der Waals surface area contributed by atoms with Crippen LogP contribution in [0.5, 0.6) is 11.5 Å². The highest BCUT2D eigenvalue weighted by molar-refractivity contribution is 5.59. The second-order valence-electron chi connectivity index (χ2n) is 4.55. The molecule has 17 heavy (non-hydrogen) atoms. The van der Waals surface area contributed by atoms with Gasteiger partial charge in [0, 0.05) is 24.0 Å². The first-order chi connectivity index (χ1) is 8.31. The molecule has 0 aromatic heterocycles. The Labute approximate surface area is 100 Å². The third-order valence-electron chi connectivity index (χ3n) is 3.47. The number of rotatable bonds is 3. The molecule has 1 aromatic rings. The normalized spacial score (nSPS) is 18.2. The Bertz CT molecular complexity index is 445. The van der Waals surface area contributed by atoms with Crippen LogP contribution in [-0.4, -0.2) is 24.9 Å². The van der Waals surface area contributed by atoms with Crippen LogP contribution in [0.15, 0.2) is 6.07 Å². The van der Waals surface area contributed by atoms with Crippen molar-refractivity contribution >= 4 is 0 Å². The molecule has 0 fully saturated rings. The zero-order chi connectivity index (χ0) is 11.8. The van der Waals surface area contributed by atoms with Gasteiger partial charge >= 0.3 is 0 Å². The minimum absolute atomic E-state index is 0.485. The fraction of sp³-hybridized carbons (Fsp3) is 0.538. The van der Waals surface area contributed by atoms with E-state index in [0.29, 0.717) is 26.2 Å².